The summed E-state index contributed by atoms with van der Waals surface area (Å²) in [6.07, 6.45) is 1.86. The number of carbonyl (C=O) groups is 1. The van der Waals surface area contributed by atoms with Crippen molar-refractivity contribution in [3.8, 4) is 5.75 Å². The first-order chi connectivity index (χ1) is 10.6. The lowest BCUT2D eigenvalue weighted by atomic mass is 9.95. The molecule has 2 atom stereocenters. The Labute approximate surface area is 141 Å². The maximum absolute atomic E-state index is 13.3. The van der Waals surface area contributed by atoms with Gasteiger partial charge >= 0.3 is 0 Å². The lowest BCUT2D eigenvalue weighted by Gasteiger charge is -2.30. The number of carbonyl (C=O) groups excluding carboxylic acids is 1. The fraction of sp³-hybridized carbons (Fsp3) is 0.562. The summed E-state index contributed by atoms with van der Waals surface area (Å²) < 4.78 is 31.3. The van der Waals surface area contributed by atoms with Gasteiger partial charge in [-0.25, -0.2) is 8.78 Å². The van der Waals surface area contributed by atoms with Crippen molar-refractivity contribution in [2.45, 2.75) is 32.2 Å². The summed E-state index contributed by atoms with van der Waals surface area (Å²) in [7, 11) is 0. The van der Waals surface area contributed by atoms with Gasteiger partial charge < -0.3 is 15.4 Å². The smallest absolute Gasteiger partial charge is 0.220 e. The van der Waals surface area contributed by atoms with Gasteiger partial charge in [-0.3, -0.25) is 4.79 Å². The summed E-state index contributed by atoms with van der Waals surface area (Å²) in [5.74, 6) is -0.920. The fourth-order valence-electron chi connectivity index (χ4n) is 2.47. The Hall–Kier alpha value is -1.40. The van der Waals surface area contributed by atoms with Gasteiger partial charge in [0.1, 0.15) is 5.82 Å². The molecule has 0 aromatic heterocycles. The Bertz CT molecular complexity index is 517. The molecule has 1 aromatic rings. The van der Waals surface area contributed by atoms with Gasteiger partial charge in [-0.15, -0.1) is 12.4 Å². The molecule has 2 N–H and O–H groups in total. The lowest BCUT2D eigenvalue weighted by Crippen LogP contribution is -2.50. The third-order valence-electron chi connectivity index (χ3n) is 3.87. The van der Waals surface area contributed by atoms with E-state index in [1.807, 2.05) is 0 Å². The van der Waals surface area contributed by atoms with Crippen LogP contribution in [0.5, 0.6) is 5.75 Å². The zero-order chi connectivity index (χ0) is 15.9. The van der Waals surface area contributed by atoms with E-state index in [0.29, 0.717) is 18.8 Å². The molecule has 0 spiro atoms. The highest BCUT2D eigenvalue weighted by Gasteiger charge is 2.22. The van der Waals surface area contributed by atoms with Gasteiger partial charge in [0.25, 0.3) is 0 Å². The first-order valence-corrected chi connectivity index (χ1v) is 7.64. The highest BCUT2D eigenvalue weighted by molar-refractivity contribution is 5.85. The number of nitrogens with one attached hydrogen (secondary N) is 2. The first kappa shape index (κ1) is 19.6. The lowest BCUT2D eigenvalue weighted by molar-refractivity contribution is -0.122. The van der Waals surface area contributed by atoms with Crippen LogP contribution in [0.15, 0.2) is 18.2 Å². The summed E-state index contributed by atoms with van der Waals surface area (Å²) >= 11 is 0. The Morgan fingerprint density at radius 3 is 2.91 bits per heavy atom. The molecule has 1 heterocycles. The Kier molecular flexibility index (Phi) is 8.26. The maximum atomic E-state index is 13.3. The highest BCUT2D eigenvalue weighted by atomic mass is 35.5. The van der Waals surface area contributed by atoms with E-state index in [2.05, 4.69) is 17.6 Å². The largest absolute Gasteiger partial charge is 0.491 e. The second kappa shape index (κ2) is 9.67. The van der Waals surface area contributed by atoms with Crippen molar-refractivity contribution in [3.05, 3.63) is 29.8 Å². The van der Waals surface area contributed by atoms with Crippen LogP contribution in [-0.4, -0.2) is 31.6 Å². The third kappa shape index (κ3) is 6.31. The second-order valence-corrected chi connectivity index (χ2v) is 5.67. The minimum atomic E-state index is -0.730. The number of amides is 1. The summed E-state index contributed by atoms with van der Waals surface area (Å²) in [5.41, 5.74) is 0. The van der Waals surface area contributed by atoms with E-state index in [1.54, 1.807) is 0 Å². The second-order valence-electron chi connectivity index (χ2n) is 5.67. The van der Waals surface area contributed by atoms with Crippen LogP contribution in [0.2, 0.25) is 0 Å². The molecule has 0 bridgehead atoms. The van der Waals surface area contributed by atoms with E-state index in [1.165, 1.54) is 6.07 Å². The van der Waals surface area contributed by atoms with Gasteiger partial charge in [-0.2, -0.15) is 0 Å². The standard InChI is InChI=1S/C16H22F2N2O2.ClH/c1-11-6-7-19-10-14(11)20-16(21)3-2-8-22-15-5-4-12(17)9-13(15)18;/h4-5,9,11,14,19H,2-3,6-8,10H2,1H3,(H,20,21);1H. The molecule has 23 heavy (non-hydrogen) atoms. The van der Waals surface area contributed by atoms with Crippen molar-refractivity contribution in [3.63, 3.8) is 0 Å². The summed E-state index contributed by atoms with van der Waals surface area (Å²) in [6.45, 7) is 4.13. The molecule has 130 valence electrons. The van der Waals surface area contributed by atoms with Crippen molar-refractivity contribution < 1.29 is 18.3 Å². The Morgan fingerprint density at radius 1 is 1.43 bits per heavy atom. The highest BCUT2D eigenvalue weighted by Crippen LogP contribution is 2.18. The minimum Gasteiger partial charge on any atom is -0.491 e. The molecule has 7 heteroatoms. The molecule has 1 aromatic carbocycles. The van der Waals surface area contributed by atoms with Crippen LogP contribution < -0.4 is 15.4 Å². The first-order valence-electron chi connectivity index (χ1n) is 7.64. The van der Waals surface area contributed by atoms with Crippen LogP contribution in [0.4, 0.5) is 8.78 Å². The number of piperidine rings is 1. The van der Waals surface area contributed by atoms with Gasteiger partial charge in [0.2, 0.25) is 5.91 Å². The molecule has 1 amide bonds. The Morgan fingerprint density at radius 2 is 2.22 bits per heavy atom. The monoisotopic (exact) mass is 348 g/mol. The molecule has 4 nitrogen and oxygen atoms in total. The molecule has 0 aliphatic carbocycles. The predicted octanol–water partition coefficient (Wildman–Crippen LogP) is 2.66. The minimum absolute atomic E-state index is 0. The molecule has 1 saturated heterocycles. The van der Waals surface area contributed by atoms with E-state index in [4.69, 9.17) is 4.74 Å². The van der Waals surface area contributed by atoms with Gasteiger partial charge in [-0.05, 0) is 37.4 Å². The van der Waals surface area contributed by atoms with Crippen LogP contribution in [0.1, 0.15) is 26.2 Å². The van der Waals surface area contributed by atoms with Crippen molar-refractivity contribution >= 4 is 18.3 Å². The number of benzene rings is 1. The van der Waals surface area contributed by atoms with Crippen LogP contribution in [-0.2, 0) is 4.79 Å². The van der Waals surface area contributed by atoms with Gasteiger partial charge in [0.15, 0.2) is 11.6 Å². The molecular formula is C16H23ClF2N2O2. The normalized spacial score (nSPS) is 20.5. The van der Waals surface area contributed by atoms with Gasteiger partial charge in [0.05, 0.1) is 6.61 Å². The Balaban J connectivity index is 0.00000264. The molecule has 1 aliphatic heterocycles. The summed E-state index contributed by atoms with van der Waals surface area (Å²) in [4.78, 5) is 11.9. The topological polar surface area (TPSA) is 50.4 Å². The van der Waals surface area contributed by atoms with Crippen molar-refractivity contribution in [2.24, 2.45) is 5.92 Å². The molecule has 1 fully saturated rings. The van der Waals surface area contributed by atoms with E-state index < -0.39 is 11.6 Å². The van der Waals surface area contributed by atoms with E-state index in [-0.39, 0.29) is 36.7 Å². The summed E-state index contributed by atoms with van der Waals surface area (Å²) in [6, 6.07) is 3.33. The van der Waals surface area contributed by atoms with Crippen LogP contribution >= 0.6 is 12.4 Å². The molecule has 0 saturated carbocycles. The third-order valence-corrected chi connectivity index (χ3v) is 3.87. The van der Waals surface area contributed by atoms with Crippen molar-refractivity contribution in [1.82, 2.24) is 10.6 Å². The van der Waals surface area contributed by atoms with Crippen LogP contribution in [0, 0.1) is 17.6 Å². The molecule has 1 aliphatic rings. The zero-order valence-corrected chi connectivity index (χ0v) is 13.9. The van der Waals surface area contributed by atoms with Crippen molar-refractivity contribution in [1.29, 1.82) is 0 Å². The fourth-order valence-corrected chi connectivity index (χ4v) is 2.47. The van der Waals surface area contributed by atoms with E-state index >= 15 is 0 Å². The number of ether oxygens (including phenoxy) is 1. The zero-order valence-electron chi connectivity index (χ0n) is 13.1. The average molecular weight is 349 g/mol. The number of hydrogen-bond donors (Lipinski definition) is 2. The SMILES string of the molecule is CC1CCNCC1NC(=O)CCCOc1ccc(F)cc1F.Cl. The molecular weight excluding hydrogens is 326 g/mol. The molecule has 2 unspecified atom stereocenters. The molecule has 0 radical (unpaired) electrons. The van der Waals surface area contributed by atoms with Crippen molar-refractivity contribution in [2.75, 3.05) is 19.7 Å². The van der Waals surface area contributed by atoms with Crippen LogP contribution in [0.3, 0.4) is 0 Å². The molecule has 2 rings (SSSR count). The number of hydrogen-bond acceptors (Lipinski definition) is 3. The van der Waals surface area contributed by atoms with Gasteiger partial charge in [-0.1, -0.05) is 6.92 Å². The summed E-state index contributed by atoms with van der Waals surface area (Å²) in [5, 5.41) is 6.26. The quantitative estimate of drug-likeness (QED) is 0.777. The van der Waals surface area contributed by atoms with E-state index in [9.17, 15) is 13.6 Å². The predicted molar refractivity (Wildman–Crippen MR) is 86.9 cm³/mol. The van der Waals surface area contributed by atoms with Crippen LogP contribution in [0.25, 0.3) is 0 Å². The average Bonchev–Trinajstić information content (AvgIpc) is 2.48. The number of rotatable bonds is 6. The maximum Gasteiger partial charge on any atom is 0.220 e. The number of halogens is 3. The van der Waals surface area contributed by atoms with E-state index in [0.717, 1.165) is 31.6 Å². The van der Waals surface area contributed by atoms with Gasteiger partial charge in [0, 0.05) is 25.1 Å².